The lowest BCUT2D eigenvalue weighted by Crippen LogP contribution is -2.38. The molecule has 1 aromatic carbocycles. The minimum atomic E-state index is -5.01. The number of alkyl halides is 6. The molecular weight excluding hydrogens is 624 g/mol. The molecule has 4 aromatic rings. The van der Waals surface area contributed by atoms with E-state index < -0.39 is 35.7 Å². The lowest BCUT2D eigenvalue weighted by molar-refractivity contribution is -0.143. The van der Waals surface area contributed by atoms with E-state index in [2.05, 4.69) is 20.1 Å². The highest BCUT2D eigenvalue weighted by Crippen LogP contribution is 2.38. The van der Waals surface area contributed by atoms with E-state index in [1.54, 1.807) is 40.8 Å². The summed E-state index contributed by atoms with van der Waals surface area (Å²) in [5.41, 5.74) is -1.73. The van der Waals surface area contributed by atoms with Gasteiger partial charge in [0.2, 0.25) is 5.95 Å². The molecule has 0 spiro atoms. The monoisotopic (exact) mass is 653 g/mol. The van der Waals surface area contributed by atoms with Gasteiger partial charge >= 0.3 is 24.5 Å². The third kappa shape index (κ3) is 7.34. The Morgan fingerprint density at radius 3 is 2.26 bits per heavy atom. The first-order valence-electron chi connectivity index (χ1n) is 14.2. The minimum Gasteiger partial charge on any atom is -0.434 e. The summed E-state index contributed by atoms with van der Waals surface area (Å²) in [6.07, 6.45) is -2.48. The van der Waals surface area contributed by atoms with E-state index in [1.807, 2.05) is 6.92 Å². The number of oxazole rings is 1. The normalized spacial score (nSPS) is 16.9. The zero-order valence-electron chi connectivity index (χ0n) is 24.8. The van der Waals surface area contributed by atoms with Crippen molar-refractivity contribution in [3.05, 3.63) is 65.9 Å². The first-order valence-corrected chi connectivity index (χ1v) is 14.2. The number of hydrogen-bond donors (Lipinski definition) is 0. The van der Waals surface area contributed by atoms with E-state index in [1.165, 1.54) is 12.4 Å². The molecule has 4 heterocycles. The number of anilines is 2. The molecule has 11 nitrogen and oxygen atoms in total. The molecule has 1 saturated heterocycles. The molecule has 0 aliphatic carbocycles. The molecule has 1 aliphatic rings. The van der Waals surface area contributed by atoms with Gasteiger partial charge in [0.15, 0.2) is 6.26 Å². The number of aromatic nitrogens is 5. The number of benzene rings is 1. The molecular formula is C29H29F6N7O4. The van der Waals surface area contributed by atoms with Crippen LogP contribution in [-0.2, 0) is 30.7 Å². The lowest BCUT2D eigenvalue weighted by atomic mass is 10.0. The Labute approximate surface area is 258 Å². The Bertz CT molecular complexity index is 1620. The number of halogens is 6. The second-order valence-electron chi connectivity index (χ2n) is 10.6. The molecule has 3 aromatic heterocycles. The van der Waals surface area contributed by atoms with Crippen molar-refractivity contribution < 1.29 is 45.0 Å². The maximum absolute atomic E-state index is 13.7. The Morgan fingerprint density at radius 1 is 1.02 bits per heavy atom. The van der Waals surface area contributed by atoms with Crippen LogP contribution < -0.4 is 14.5 Å². The van der Waals surface area contributed by atoms with Gasteiger partial charge in [-0.05, 0) is 43.5 Å². The lowest BCUT2D eigenvalue weighted by Gasteiger charge is -2.29. The van der Waals surface area contributed by atoms with Crippen LogP contribution in [0.25, 0.3) is 11.1 Å². The van der Waals surface area contributed by atoms with Crippen LogP contribution >= 0.6 is 0 Å². The molecule has 17 heteroatoms. The molecule has 46 heavy (non-hydrogen) atoms. The SMILES string of the molecule is CCOC(=O)Oc1coc(N2C[C@@H](N(Cc3cc(C(F)(F)F)cc(C(F)(F)F)c3)c3ncc(-c4cnn(C)c4)cn3)C[C@H]2CC)n1. The summed E-state index contributed by atoms with van der Waals surface area (Å²) >= 11 is 0. The zero-order chi connectivity index (χ0) is 33.2. The number of aryl methyl sites for hydroxylation is 1. The van der Waals surface area contributed by atoms with Crippen molar-refractivity contribution >= 4 is 18.1 Å². The number of hydrogen-bond acceptors (Lipinski definition) is 10. The number of nitrogens with zero attached hydrogens (tertiary/aromatic N) is 7. The Morgan fingerprint density at radius 2 is 1.70 bits per heavy atom. The van der Waals surface area contributed by atoms with Gasteiger partial charge in [0.1, 0.15) is 0 Å². The Hall–Kier alpha value is -4.83. The predicted octanol–water partition coefficient (Wildman–Crippen LogP) is 6.50. The van der Waals surface area contributed by atoms with Crippen LogP contribution in [0.1, 0.15) is 43.4 Å². The molecule has 0 bridgehead atoms. The van der Waals surface area contributed by atoms with Crippen molar-refractivity contribution in [3.63, 3.8) is 0 Å². The second-order valence-corrected chi connectivity index (χ2v) is 10.6. The van der Waals surface area contributed by atoms with Gasteiger partial charge in [-0.2, -0.15) is 36.4 Å². The summed E-state index contributed by atoms with van der Waals surface area (Å²) in [6, 6.07) is 0.894. The Balaban J connectivity index is 1.50. The van der Waals surface area contributed by atoms with Crippen LogP contribution in [0.15, 0.2) is 53.7 Å². The van der Waals surface area contributed by atoms with Gasteiger partial charge < -0.3 is 23.7 Å². The van der Waals surface area contributed by atoms with E-state index in [-0.39, 0.29) is 55.2 Å². The number of rotatable bonds is 9. The smallest absolute Gasteiger partial charge is 0.434 e. The fraction of sp³-hybridized carbons (Fsp3) is 0.414. The third-order valence-electron chi connectivity index (χ3n) is 7.40. The third-order valence-corrected chi connectivity index (χ3v) is 7.40. The average molecular weight is 654 g/mol. The summed E-state index contributed by atoms with van der Waals surface area (Å²) in [6.45, 7) is 3.43. The highest BCUT2D eigenvalue weighted by molar-refractivity contribution is 5.63. The van der Waals surface area contributed by atoms with Gasteiger partial charge in [-0.15, -0.1) is 0 Å². The number of carbonyl (C=O) groups is 1. The standard InChI is InChI=1S/C29H29F6N7O4/c1-4-22-9-23(15-42(22)26-39-24(16-45-26)46-27(43)44-5-2)41(25-36-10-18(11-37-25)19-12-38-40(3)14-19)13-17-6-20(28(30,31)32)8-21(7-17)29(33,34)35/h6-8,10-12,14,16,22-23H,4-5,9,13,15H2,1-3H3/t22-,23+/m1/s1. The average Bonchev–Trinajstić information content (AvgIpc) is 3.75. The van der Waals surface area contributed by atoms with E-state index in [0.29, 0.717) is 30.5 Å². The van der Waals surface area contributed by atoms with E-state index >= 15 is 0 Å². The van der Waals surface area contributed by atoms with E-state index in [9.17, 15) is 31.1 Å². The van der Waals surface area contributed by atoms with Crippen molar-refractivity contribution in [3.8, 4) is 17.0 Å². The van der Waals surface area contributed by atoms with E-state index in [4.69, 9.17) is 13.9 Å². The van der Waals surface area contributed by atoms with Crippen molar-refractivity contribution in [2.24, 2.45) is 7.05 Å². The predicted molar refractivity (Wildman–Crippen MR) is 151 cm³/mol. The quantitative estimate of drug-likeness (QED) is 0.147. The largest absolute Gasteiger partial charge is 0.515 e. The van der Waals surface area contributed by atoms with Gasteiger partial charge in [0.05, 0.1) is 30.0 Å². The highest BCUT2D eigenvalue weighted by Gasteiger charge is 2.40. The van der Waals surface area contributed by atoms with Crippen LogP contribution in [-0.4, -0.2) is 56.1 Å². The molecule has 0 unspecified atom stereocenters. The summed E-state index contributed by atoms with van der Waals surface area (Å²) in [5.74, 6) is -0.0411. The summed E-state index contributed by atoms with van der Waals surface area (Å²) < 4.78 is 99.0. The molecule has 5 rings (SSSR count). The molecule has 2 atom stereocenters. The van der Waals surface area contributed by atoms with Gasteiger partial charge in [-0.1, -0.05) is 6.92 Å². The summed E-state index contributed by atoms with van der Waals surface area (Å²) in [5, 5.41) is 4.12. The first-order chi connectivity index (χ1) is 21.7. The topological polar surface area (TPSA) is 112 Å². The Kier molecular flexibility index (Phi) is 9.12. The van der Waals surface area contributed by atoms with Crippen molar-refractivity contribution in [2.75, 3.05) is 23.0 Å². The van der Waals surface area contributed by atoms with Gasteiger partial charge in [-0.25, -0.2) is 14.8 Å². The van der Waals surface area contributed by atoms with Crippen molar-refractivity contribution in [1.82, 2.24) is 24.7 Å². The summed E-state index contributed by atoms with van der Waals surface area (Å²) in [4.78, 5) is 28.2. The van der Waals surface area contributed by atoms with Crippen LogP contribution in [0.4, 0.5) is 43.1 Å². The maximum atomic E-state index is 13.7. The number of ether oxygens (including phenoxy) is 2. The fourth-order valence-electron chi connectivity index (χ4n) is 5.26. The molecule has 0 N–H and O–H groups in total. The van der Waals surface area contributed by atoms with Gasteiger partial charge in [0, 0.05) is 55.9 Å². The van der Waals surface area contributed by atoms with E-state index in [0.717, 1.165) is 11.8 Å². The molecule has 1 fully saturated rings. The van der Waals surface area contributed by atoms with Crippen molar-refractivity contribution in [2.45, 2.75) is 57.7 Å². The first kappa shape index (κ1) is 32.6. The maximum Gasteiger partial charge on any atom is 0.515 e. The number of carbonyl (C=O) groups excluding carboxylic acids is 1. The van der Waals surface area contributed by atoms with Crippen LogP contribution in [0.2, 0.25) is 0 Å². The van der Waals surface area contributed by atoms with Crippen LogP contribution in [0.5, 0.6) is 5.88 Å². The molecule has 0 saturated carbocycles. The fourth-order valence-corrected chi connectivity index (χ4v) is 5.26. The second kappa shape index (κ2) is 12.9. The molecule has 1 aliphatic heterocycles. The van der Waals surface area contributed by atoms with Crippen molar-refractivity contribution in [1.29, 1.82) is 0 Å². The molecule has 246 valence electrons. The molecule has 0 amide bonds. The van der Waals surface area contributed by atoms with Crippen LogP contribution in [0, 0.1) is 0 Å². The summed E-state index contributed by atoms with van der Waals surface area (Å²) in [7, 11) is 1.74. The van der Waals surface area contributed by atoms with Gasteiger partial charge in [0.25, 0.3) is 5.88 Å². The van der Waals surface area contributed by atoms with Crippen LogP contribution in [0.3, 0.4) is 0 Å². The zero-order valence-corrected chi connectivity index (χ0v) is 24.8. The molecule has 0 radical (unpaired) electrons. The van der Waals surface area contributed by atoms with Gasteiger partial charge in [-0.3, -0.25) is 4.68 Å². The minimum absolute atomic E-state index is 0.0900. The highest BCUT2D eigenvalue weighted by atomic mass is 19.4.